The third-order valence-electron chi connectivity index (χ3n) is 2.76. The van der Waals surface area contributed by atoms with Crippen LogP contribution in [0.3, 0.4) is 0 Å². The van der Waals surface area contributed by atoms with Crippen molar-refractivity contribution in [2.75, 3.05) is 19.7 Å². The molecule has 0 aromatic rings. The summed E-state index contributed by atoms with van der Waals surface area (Å²) < 4.78 is 24.6. The van der Waals surface area contributed by atoms with Gasteiger partial charge in [0.1, 0.15) is 0 Å². The minimum atomic E-state index is -2.57. The van der Waals surface area contributed by atoms with Crippen LogP contribution in [0.25, 0.3) is 0 Å². The summed E-state index contributed by atoms with van der Waals surface area (Å²) in [5.41, 5.74) is 5.60. The highest BCUT2D eigenvalue weighted by Gasteiger charge is 2.22. The number of nitrogens with two attached hydrogens (primary N) is 1. The molecule has 1 amide bonds. The van der Waals surface area contributed by atoms with E-state index in [9.17, 15) is 13.6 Å². The van der Waals surface area contributed by atoms with Gasteiger partial charge in [-0.25, -0.2) is 8.78 Å². The van der Waals surface area contributed by atoms with Crippen LogP contribution in [0.15, 0.2) is 0 Å². The van der Waals surface area contributed by atoms with E-state index in [-0.39, 0.29) is 31.0 Å². The molecule has 0 fully saturated rings. The Labute approximate surface area is 107 Å². The van der Waals surface area contributed by atoms with E-state index in [1.54, 1.807) is 6.92 Å². The number of aliphatic hydroxyl groups is 1. The first-order valence-corrected chi connectivity index (χ1v) is 6.31. The number of hydrogen-bond acceptors (Lipinski definition) is 3. The Morgan fingerprint density at radius 1 is 1.33 bits per heavy atom. The second kappa shape index (κ2) is 9.22. The minimum Gasteiger partial charge on any atom is -0.395 e. The lowest BCUT2D eigenvalue weighted by atomic mass is 10.0. The standard InChI is InChI=1S/C12H24F2N2O2/c1-9(4-3-5-10(2)15)12(18)16(6-7-17)8-11(13)14/h9-11,17H,3-8,15H2,1-2H3. The van der Waals surface area contributed by atoms with E-state index in [4.69, 9.17) is 10.8 Å². The van der Waals surface area contributed by atoms with Crippen LogP contribution in [0, 0.1) is 5.92 Å². The number of alkyl halides is 2. The highest BCUT2D eigenvalue weighted by atomic mass is 19.3. The van der Waals surface area contributed by atoms with Gasteiger partial charge in [0.05, 0.1) is 13.2 Å². The van der Waals surface area contributed by atoms with Crippen molar-refractivity contribution >= 4 is 5.91 Å². The fourth-order valence-corrected chi connectivity index (χ4v) is 1.76. The molecule has 0 aliphatic rings. The van der Waals surface area contributed by atoms with E-state index in [2.05, 4.69) is 0 Å². The summed E-state index contributed by atoms with van der Waals surface area (Å²) in [4.78, 5) is 12.9. The molecule has 0 heterocycles. The molecular formula is C12H24F2N2O2. The van der Waals surface area contributed by atoms with Gasteiger partial charge in [0.15, 0.2) is 0 Å². The monoisotopic (exact) mass is 266 g/mol. The SMILES string of the molecule is CC(N)CCCC(C)C(=O)N(CCO)CC(F)F. The van der Waals surface area contributed by atoms with Crippen molar-refractivity contribution in [3.05, 3.63) is 0 Å². The van der Waals surface area contributed by atoms with Crippen molar-refractivity contribution in [1.29, 1.82) is 0 Å². The van der Waals surface area contributed by atoms with Gasteiger partial charge in [-0.05, 0) is 19.8 Å². The summed E-state index contributed by atoms with van der Waals surface area (Å²) in [6, 6.07) is 0.0851. The summed E-state index contributed by atoms with van der Waals surface area (Å²) in [6.45, 7) is 2.66. The molecule has 3 N–H and O–H groups in total. The summed E-state index contributed by atoms with van der Waals surface area (Å²) >= 11 is 0. The molecule has 4 nitrogen and oxygen atoms in total. The first-order chi connectivity index (χ1) is 8.38. The minimum absolute atomic E-state index is 0.0409. The highest BCUT2D eigenvalue weighted by Crippen LogP contribution is 2.13. The number of aliphatic hydroxyl groups excluding tert-OH is 1. The van der Waals surface area contributed by atoms with Crippen molar-refractivity contribution in [2.45, 2.75) is 45.6 Å². The maximum Gasteiger partial charge on any atom is 0.255 e. The van der Waals surface area contributed by atoms with Gasteiger partial charge < -0.3 is 15.7 Å². The lowest BCUT2D eigenvalue weighted by molar-refractivity contribution is -0.137. The Morgan fingerprint density at radius 3 is 2.39 bits per heavy atom. The molecule has 0 rings (SSSR count). The second-order valence-corrected chi connectivity index (χ2v) is 4.71. The molecule has 0 aliphatic heterocycles. The predicted molar refractivity (Wildman–Crippen MR) is 66.3 cm³/mol. The largest absolute Gasteiger partial charge is 0.395 e. The Kier molecular flexibility index (Phi) is 8.83. The quantitative estimate of drug-likeness (QED) is 0.659. The van der Waals surface area contributed by atoms with Gasteiger partial charge in [-0.3, -0.25) is 4.79 Å². The molecule has 6 heteroatoms. The number of rotatable bonds is 9. The average Bonchev–Trinajstić information content (AvgIpc) is 2.26. The van der Waals surface area contributed by atoms with Gasteiger partial charge in [-0.15, -0.1) is 0 Å². The fourth-order valence-electron chi connectivity index (χ4n) is 1.76. The normalized spacial score (nSPS) is 14.6. The Hall–Kier alpha value is -0.750. The van der Waals surface area contributed by atoms with Crippen LogP contribution in [0.5, 0.6) is 0 Å². The zero-order valence-electron chi connectivity index (χ0n) is 11.1. The molecule has 0 aromatic carbocycles. The summed E-state index contributed by atoms with van der Waals surface area (Å²) in [7, 11) is 0. The summed E-state index contributed by atoms with van der Waals surface area (Å²) in [5.74, 6) is -0.636. The van der Waals surface area contributed by atoms with Crippen molar-refractivity contribution in [3.63, 3.8) is 0 Å². The Balaban J connectivity index is 4.19. The Bertz CT molecular complexity index is 238. The van der Waals surface area contributed by atoms with Crippen molar-refractivity contribution in [3.8, 4) is 0 Å². The van der Waals surface area contributed by atoms with Crippen LogP contribution in [-0.4, -0.2) is 48.1 Å². The molecule has 0 radical (unpaired) electrons. The molecule has 0 spiro atoms. The molecule has 0 saturated heterocycles. The Morgan fingerprint density at radius 2 is 1.94 bits per heavy atom. The number of halogens is 2. The maximum atomic E-state index is 12.3. The topological polar surface area (TPSA) is 66.6 Å². The van der Waals surface area contributed by atoms with E-state index in [0.717, 1.165) is 17.7 Å². The molecule has 18 heavy (non-hydrogen) atoms. The van der Waals surface area contributed by atoms with E-state index >= 15 is 0 Å². The molecule has 0 aliphatic carbocycles. The highest BCUT2D eigenvalue weighted by molar-refractivity contribution is 5.78. The molecule has 2 atom stereocenters. The molecule has 0 saturated carbocycles. The van der Waals surface area contributed by atoms with E-state index in [1.165, 1.54) is 0 Å². The molecule has 0 aromatic heterocycles. The molecule has 2 unspecified atom stereocenters. The number of nitrogens with zero attached hydrogens (tertiary/aromatic N) is 1. The van der Waals surface area contributed by atoms with Gasteiger partial charge in [0, 0.05) is 18.5 Å². The van der Waals surface area contributed by atoms with Crippen LogP contribution in [0.1, 0.15) is 33.1 Å². The van der Waals surface area contributed by atoms with Crippen LogP contribution >= 0.6 is 0 Å². The van der Waals surface area contributed by atoms with Crippen LogP contribution in [0.4, 0.5) is 8.78 Å². The van der Waals surface area contributed by atoms with Gasteiger partial charge in [-0.2, -0.15) is 0 Å². The van der Waals surface area contributed by atoms with Crippen LogP contribution in [0.2, 0.25) is 0 Å². The zero-order chi connectivity index (χ0) is 14.1. The van der Waals surface area contributed by atoms with Gasteiger partial charge in [0.25, 0.3) is 6.43 Å². The maximum absolute atomic E-state index is 12.3. The van der Waals surface area contributed by atoms with E-state index in [0.29, 0.717) is 6.42 Å². The van der Waals surface area contributed by atoms with Crippen LogP contribution in [-0.2, 0) is 4.79 Å². The zero-order valence-corrected chi connectivity index (χ0v) is 11.1. The van der Waals surface area contributed by atoms with Crippen LogP contribution < -0.4 is 5.73 Å². The van der Waals surface area contributed by atoms with Gasteiger partial charge in [0.2, 0.25) is 5.91 Å². The lowest BCUT2D eigenvalue weighted by Gasteiger charge is -2.24. The van der Waals surface area contributed by atoms with Gasteiger partial charge >= 0.3 is 0 Å². The third kappa shape index (κ3) is 7.55. The fraction of sp³-hybridized carbons (Fsp3) is 0.917. The van der Waals surface area contributed by atoms with Gasteiger partial charge in [-0.1, -0.05) is 13.3 Å². The smallest absolute Gasteiger partial charge is 0.255 e. The lowest BCUT2D eigenvalue weighted by Crippen LogP contribution is -2.40. The third-order valence-corrected chi connectivity index (χ3v) is 2.76. The van der Waals surface area contributed by atoms with E-state index < -0.39 is 13.0 Å². The van der Waals surface area contributed by atoms with Crippen molar-refractivity contribution in [1.82, 2.24) is 4.90 Å². The predicted octanol–water partition coefficient (Wildman–Crippen LogP) is 1.23. The van der Waals surface area contributed by atoms with Crippen molar-refractivity contribution < 1.29 is 18.7 Å². The first kappa shape index (κ1) is 17.2. The number of amides is 1. The number of carbonyl (C=O) groups excluding carboxylic acids is 1. The molecule has 108 valence electrons. The molecule has 0 bridgehead atoms. The van der Waals surface area contributed by atoms with Crippen molar-refractivity contribution in [2.24, 2.45) is 11.7 Å². The first-order valence-electron chi connectivity index (χ1n) is 6.31. The number of hydrogen-bond donors (Lipinski definition) is 2. The van der Waals surface area contributed by atoms with E-state index in [1.807, 2.05) is 6.92 Å². The average molecular weight is 266 g/mol. The summed E-state index contributed by atoms with van der Waals surface area (Å²) in [5, 5.41) is 8.77. The molecular weight excluding hydrogens is 242 g/mol. The number of carbonyl (C=O) groups is 1. The second-order valence-electron chi connectivity index (χ2n) is 4.71. The summed E-state index contributed by atoms with van der Waals surface area (Å²) in [6.07, 6.45) is -0.332.